The van der Waals surface area contributed by atoms with Crippen LogP contribution in [-0.4, -0.2) is 33.3 Å². The molecule has 1 unspecified atom stereocenters. The maximum Gasteiger partial charge on any atom is 0.306 e. The molecule has 3 rings (SSSR count). The summed E-state index contributed by atoms with van der Waals surface area (Å²) in [7, 11) is 1.53. The maximum absolute atomic E-state index is 10.9. The fourth-order valence-electron chi connectivity index (χ4n) is 2.84. The number of aliphatic carboxylic acids is 1. The zero-order chi connectivity index (χ0) is 17.8. The van der Waals surface area contributed by atoms with Gasteiger partial charge >= 0.3 is 5.97 Å². The van der Waals surface area contributed by atoms with Gasteiger partial charge in [0.05, 0.1) is 30.7 Å². The Hall–Kier alpha value is -2.86. The van der Waals surface area contributed by atoms with E-state index in [0.717, 1.165) is 24.2 Å². The number of aromatic nitrogens is 2. The summed E-state index contributed by atoms with van der Waals surface area (Å²) in [5.41, 5.74) is 2.98. The largest absolute Gasteiger partial charge is 0.497 e. The molecule has 0 radical (unpaired) electrons. The molecule has 6 heteroatoms. The third-order valence-electron chi connectivity index (χ3n) is 4.09. The number of nitrogens with one attached hydrogen (secondary N) is 1. The van der Waals surface area contributed by atoms with Crippen molar-refractivity contribution in [1.82, 2.24) is 9.97 Å². The number of aliphatic hydroxyl groups is 1. The molecule has 0 aliphatic carbocycles. The fourth-order valence-corrected chi connectivity index (χ4v) is 2.84. The van der Waals surface area contributed by atoms with Gasteiger partial charge in [-0.1, -0.05) is 30.3 Å². The number of carboxylic acids is 1. The van der Waals surface area contributed by atoms with Crippen LogP contribution in [0.25, 0.3) is 11.0 Å². The molecule has 0 aliphatic rings. The first kappa shape index (κ1) is 17.0. The standard InChI is InChI=1S/C19H20N2O4/c1-25-13-9-14(16(22)11-18(23)24)19-15(10-13)20-17(21-19)8-7-12-5-3-2-4-6-12/h2-6,9-10,16,22H,7-8,11H2,1H3,(H,20,21)(H,23,24). The van der Waals surface area contributed by atoms with Crippen molar-refractivity contribution >= 4 is 17.0 Å². The van der Waals surface area contributed by atoms with E-state index in [9.17, 15) is 9.90 Å². The van der Waals surface area contributed by atoms with E-state index in [1.807, 2.05) is 18.2 Å². The predicted molar refractivity (Wildman–Crippen MR) is 93.7 cm³/mol. The number of H-pyrrole nitrogens is 1. The highest BCUT2D eigenvalue weighted by Gasteiger charge is 2.19. The molecule has 1 atom stereocenters. The summed E-state index contributed by atoms with van der Waals surface area (Å²) in [6.07, 6.45) is 0.0368. The number of hydrogen-bond donors (Lipinski definition) is 3. The van der Waals surface area contributed by atoms with Crippen LogP contribution in [0.1, 0.15) is 29.5 Å². The second kappa shape index (κ2) is 7.36. The number of aromatic amines is 1. The van der Waals surface area contributed by atoms with Crippen LogP contribution in [0.4, 0.5) is 0 Å². The molecule has 0 aliphatic heterocycles. The summed E-state index contributed by atoms with van der Waals surface area (Å²) in [6.45, 7) is 0. The first-order chi connectivity index (χ1) is 12.1. The minimum Gasteiger partial charge on any atom is -0.497 e. The first-order valence-corrected chi connectivity index (χ1v) is 8.07. The quantitative estimate of drug-likeness (QED) is 0.615. The molecule has 0 amide bonds. The fraction of sp³-hybridized carbons (Fsp3) is 0.263. The van der Waals surface area contributed by atoms with Gasteiger partial charge in [0.25, 0.3) is 0 Å². The molecule has 1 heterocycles. The van der Waals surface area contributed by atoms with Crippen LogP contribution in [0.3, 0.4) is 0 Å². The lowest BCUT2D eigenvalue weighted by atomic mass is 10.0. The number of benzene rings is 2. The van der Waals surface area contributed by atoms with E-state index in [1.165, 1.54) is 12.7 Å². The number of hydrogen-bond acceptors (Lipinski definition) is 4. The number of carbonyl (C=O) groups is 1. The van der Waals surface area contributed by atoms with Crippen molar-refractivity contribution in [3.8, 4) is 5.75 Å². The number of aliphatic hydroxyl groups excluding tert-OH is 1. The molecule has 0 spiro atoms. The Morgan fingerprint density at radius 1 is 1.24 bits per heavy atom. The van der Waals surface area contributed by atoms with E-state index in [4.69, 9.17) is 9.84 Å². The number of ether oxygens (including phenoxy) is 1. The van der Waals surface area contributed by atoms with Crippen molar-refractivity contribution in [1.29, 1.82) is 0 Å². The van der Waals surface area contributed by atoms with Crippen molar-refractivity contribution in [3.05, 3.63) is 59.4 Å². The molecule has 6 nitrogen and oxygen atoms in total. The Morgan fingerprint density at radius 3 is 2.68 bits per heavy atom. The molecule has 3 aromatic rings. The molecule has 1 aromatic heterocycles. The molecule has 3 N–H and O–H groups in total. The summed E-state index contributed by atoms with van der Waals surface area (Å²) in [6, 6.07) is 13.5. The summed E-state index contributed by atoms with van der Waals surface area (Å²) < 4.78 is 5.25. The number of imidazole rings is 1. The smallest absolute Gasteiger partial charge is 0.306 e. The van der Waals surface area contributed by atoms with Gasteiger partial charge in [-0.2, -0.15) is 0 Å². The minimum absolute atomic E-state index is 0.380. The van der Waals surface area contributed by atoms with E-state index >= 15 is 0 Å². The monoisotopic (exact) mass is 340 g/mol. The van der Waals surface area contributed by atoms with Gasteiger partial charge in [0.15, 0.2) is 0 Å². The second-order valence-corrected chi connectivity index (χ2v) is 5.90. The Morgan fingerprint density at radius 2 is 2.00 bits per heavy atom. The van der Waals surface area contributed by atoms with Crippen molar-refractivity contribution in [3.63, 3.8) is 0 Å². The number of nitrogens with zero attached hydrogens (tertiary/aromatic N) is 1. The van der Waals surface area contributed by atoms with E-state index in [-0.39, 0.29) is 6.42 Å². The van der Waals surface area contributed by atoms with E-state index < -0.39 is 12.1 Å². The van der Waals surface area contributed by atoms with Crippen molar-refractivity contribution in [2.24, 2.45) is 0 Å². The van der Waals surface area contributed by atoms with Crippen molar-refractivity contribution < 1.29 is 19.7 Å². The topological polar surface area (TPSA) is 95.4 Å². The average molecular weight is 340 g/mol. The van der Waals surface area contributed by atoms with Gasteiger partial charge in [0.1, 0.15) is 11.6 Å². The van der Waals surface area contributed by atoms with Crippen LogP contribution in [0.15, 0.2) is 42.5 Å². The number of rotatable bonds is 7. The van der Waals surface area contributed by atoms with Crippen LogP contribution in [0.5, 0.6) is 5.75 Å². The van der Waals surface area contributed by atoms with E-state index in [2.05, 4.69) is 22.1 Å². The predicted octanol–water partition coefficient (Wildman–Crippen LogP) is 2.86. The normalized spacial score (nSPS) is 12.2. The molecule has 0 saturated carbocycles. The highest BCUT2D eigenvalue weighted by Crippen LogP contribution is 2.30. The molecule has 0 fully saturated rings. The summed E-state index contributed by atoms with van der Waals surface area (Å²) in [5, 5.41) is 19.2. The molecular formula is C19H20N2O4. The minimum atomic E-state index is -1.14. The SMILES string of the molecule is COc1cc(C(O)CC(=O)O)c2nc(CCc3ccccc3)[nH]c2c1. The van der Waals surface area contributed by atoms with Crippen LogP contribution < -0.4 is 4.74 Å². The first-order valence-electron chi connectivity index (χ1n) is 8.07. The average Bonchev–Trinajstić information content (AvgIpc) is 3.02. The molecule has 0 saturated heterocycles. The number of aryl methyl sites for hydroxylation is 2. The van der Waals surface area contributed by atoms with Gasteiger partial charge in [-0.25, -0.2) is 4.98 Å². The number of carboxylic acid groups (broad SMARTS) is 1. The van der Waals surface area contributed by atoms with Crippen molar-refractivity contribution in [2.45, 2.75) is 25.4 Å². The summed E-state index contributed by atoms with van der Waals surface area (Å²) in [5.74, 6) is 0.268. The molecular weight excluding hydrogens is 320 g/mol. The third kappa shape index (κ3) is 3.97. The lowest BCUT2D eigenvalue weighted by Crippen LogP contribution is -2.06. The number of methoxy groups -OCH3 is 1. The van der Waals surface area contributed by atoms with E-state index in [0.29, 0.717) is 16.8 Å². The van der Waals surface area contributed by atoms with Gasteiger partial charge in [-0.05, 0) is 18.1 Å². The lowest BCUT2D eigenvalue weighted by molar-refractivity contribution is -0.139. The molecule has 130 valence electrons. The van der Waals surface area contributed by atoms with Crippen LogP contribution >= 0.6 is 0 Å². The third-order valence-corrected chi connectivity index (χ3v) is 4.09. The van der Waals surface area contributed by atoms with Crippen LogP contribution in [0.2, 0.25) is 0 Å². The molecule has 0 bridgehead atoms. The Kier molecular flexibility index (Phi) is 5.00. The number of fused-ring (bicyclic) bond motifs is 1. The van der Waals surface area contributed by atoms with Gasteiger partial charge in [-0.3, -0.25) is 4.79 Å². The van der Waals surface area contributed by atoms with Crippen molar-refractivity contribution in [2.75, 3.05) is 7.11 Å². The summed E-state index contributed by atoms with van der Waals surface area (Å²) in [4.78, 5) is 18.7. The van der Waals surface area contributed by atoms with Crippen LogP contribution in [-0.2, 0) is 17.6 Å². The highest BCUT2D eigenvalue weighted by atomic mass is 16.5. The van der Waals surface area contributed by atoms with Gasteiger partial charge in [-0.15, -0.1) is 0 Å². The van der Waals surface area contributed by atoms with Gasteiger partial charge < -0.3 is 19.9 Å². The Balaban J connectivity index is 1.91. The maximum atomic E-state index is 10.9. The zero-order valence-corrected chi connectivity index (χ0v) is 13.9. The van der Waals surface area contributed by atoms with Gasteiger partial charge in [0, 0.05) is 18.1 Å². The molecule has 2 aromatic carbocycles. The van der Waals surface area contributed by atoms with Gasteiger partial charge in [0.2, 0.25) is 0 Å². The van der Waals surface area contributed by atoms with Crippen LogP contribution in [0, 0.1) is 0 Å². The second-order valence-electron chi connectivity index (χ2n) is 5.90. The lowest BCUT2D eigenvalue weighted by Gasteiger charge is -2.10. The zero-order valence-electron chi connectivity index (χ0n) is 13.9. The van der Waals surface area contributed by atoms with E-state index in [1.54, 1.807) is 12.1 Å². The molecule has 25 heavy (non-hydrogen) atoms. The Labute approximate surface area is 145 Å². The summed E-state index contributed by atoms with van der Waals surface area (Å²) >= 11 is 0. The highest BCUT2D eigenvalue weighted by molar-refractivity contribution is 5.82. The Bertz CT molecular complexity index is 874.